The number of aldehydes is 1. The van der Waals surface area contributed by atoms with Gasteiger partial charge in [0.1, 0.15) is 18.5 Å². The number of hydrogen-bond acceptors (Lipinski definition) is 8. The van der Waals surface area contributed by atoms with Crippen molar-refractivity contribution in [3.8, 4) is 11.5 Å². The molecule has 0 radical (unpaired) electrons. The number of rotatable bonds is 19. The van der Waals surface area contributed by atoms with Crippen molar-refractivity contribution in [3.05, 3.63) is 32.9 Å². The molecule has 0 bridgehead atoms. The van der Waals surface area contributed by atoms with E-state index in [4.69, 9.17) is 14.2 Å². The molecule has 3 unspecified atom stereocenters. The third-order valence-corrected chi connectivity index (χ3v) is 7.76. The molecule has 0 heterocycles. The molecule has 0 saturated heterocycles. The lowest BCUT2D eigenvalue weighted by Crippen LogP contribution is -2.55. The van der Waals surface area contributed by atoms with Crippen LogP contribution in [-0.4, -0.2) is 91.5 Å². The van der Waals surface area contributed by atoms with E-state index in [9.17, 15) is 24.6 Å². The standard InChI is InChI=1S/C30H45IN2O8/c1-4-6-7-8-9-11-27(36)33(13-10-15-40-5-2)24-18-22(30(38)32-12-14-34)19-25(28(24)37)41-29-23(31)16-21(20-35)17-26(29)39-3/h16-17,19-20,24-25,28,34,37H,4-15,18H2,1-3H3,(H,32,38). The van der Waals surface area contributed by atoms with Crippen LogP contribution in [0.1, 0.15) is 75.6 Å². The number of ether oxygens (including phenoxy) is 3. The molecule has 1 aliphatic carbocycles. The molecule has 41 heavy (non-hydrogen) atoms. The Kier molecular flexibility index (Phi) is 16.3. The molecular weight excluding hydrogens is 643 g/mol. The first-order valence-corrected chi connectivity index (χ1v) is 15.5. The average molecular weight is 689 g/mol. The van der Waals surface area contributed by atoms with E-state index in [1.165, 1.54) is 13.2 Å². The maximum absolute atomic E-state index is 13.5. The van der Waals surface area contributed by atoms with E-state index >= 15 is 0 Å². The smallest absolute Gasteiger partial charge is 0.247 e. The number of aliphatic hydroxyl groups is 2. The minimum absolute atomic E-state index is 0.0720. The van der Waals surface area contributed by atoms with Crippen molar-refractivity contribution in [3.63, 3.8) is 0 Å². The molecule has 0 spiro atoms. The molecule has 0 aliphatic heterocycles. The van der Waals surface area contributed by atoms with Gasteiger partial charge >= 0.3 is 0 Å². The lowest BCUT2D eigenvalue weighted by molar-refractivity contribution is -0.139. The van der Waals surface area contributed by atoms with Gasteiger partial charge in [0, 0.05) is 50.3 Å². The van der Waals surface area contributed by atoms with Crippen molar-refractivity contribution in [2.45, 2.75) is 83.5 Å². The van der Waals surface area contributed by atoms with E-state index in [0.29, 0.717) is 65.1 Å². The predicted molar refractivity (Wildman–Crippen MR) is 164 cm³/mol. The van der Waals surface area contributed by atoms with Gasteiger partial charge in [-0.1, -0.05) is 32.6 Å². The molecular formula is C30H45IN2O8. The number of aliphatic hydroxyl groups excluding tert-OH is 2. The highest BCUT2D eigenvalue weighted by atomic mass is 127. The monoisotopic (exact) mass is 688 g/mol. The Morgan fingerprint density at radius 2 is 1.93 bits per heavy atom. The number of nitrogens with zero attached hydrogens (tertiary/aromatic N) is 1. The Bertz CT molecular complexity index is 1020. The Morgan fingerprint density at radius 1 is 1.17 bits per heavy atom. The molecule has 1 aromatic carbocycles. The third-order valence-electron chi connectivity index (χ3n) is 6.96. The van der Waals surface area contributed by atoms with Crippen LogP contribution >= 0.6 is 22.6 Å². The fourth-order valence-corrected chi connectivity index (χ4v) is 5.57. The van der Waals surface area contributed by atoms with Crippen LogP contribution in [0.2, 0.25) is 0 Å². The number of amides is 2. The van der Waals surface area contributed by atoms with Gasteiger partial charge in [0.25, 0.3) is 0 Å². The number of hydrogen-bond donors (Lipinski definition) is 3. The van der Waals surface area contributed by atoms with Crippen LogP contribution in [0, 0.1) is 3.57 Å². The zero-order chi connectivity index (χ0) is 30.2. The zero-order valence-electron chi connectivity index (χ0n) is 24.4. The van der Waals surface area contributed by atoms with E-state index in [0.717, 1.165) is 32.1 Å². The second-order valence-electron chi connectivity index (χ2n) is 9.97. The predicted octanol–water partition coefficient (Wildman–Crippen LogP) is 3.64. The molecule has 2 rings (SSSR count). The Morgan fingerprint density at radius 3 is 2.59 bits per heavy atom. The molecule has 0 saturated carbocycles. The summed E-state index contributed by atoms with van der Waals surface area (Å²) in [7, 11) is 1.45. The Balaban J connectivity index is 2.41. The van der Waals surface area contributed by atoms with Crippen LogP contribution in [0.5, 0.6) is 11.5 Å². The minimum atomic E-state index is -1.15. The first kappa shape index (κ1) is 35.0. The number of carbonyl (C=O) groups is 3. The molecule has 10 nitrogen and oxygen atoms in total. The fraction of sp³-hybridized carbons (Fsp3) is 0.633. The van der Waals surface area contributed by atoms with Gasteiger partial charge in [-0.05, 0) is 60.6 Å². The van der Waals surface area contributed by atoms with Crippen molar-refractivity contribution < 1.29 is 38.8 Å². The van der Waals surface area contributed by atoms with Crippen molar-refractivity contribution in [1.82, 2.24) is 10.2 Å². The quantitative estimate of drug-likeness (QED) is 0.114. The van der Waals surface area contributed by atoms with Gasteiger partial charge in [-0.3, -0.25) is 14.4 Å². The van der Waals surface area contributed by atoms with Crippen LogP contribution in [-0.2, 0) is 14.3 Å². The van der Waals surface area contributed by atoms with Gasteiger partial charge < -0.3 is 34.6 Å². The first-order valence-electron chi connectivity index (χ1n) is 14.5. The molecule has 11 heteroatoms. The number of halogens is 1. The van der Waals surface area contributed by atoms with Crippen LogP contribution in [0.4, 0.5) is 0 Å². The number of benzene rings is 1. The maximum atomic E-state index is 13.5. The second-order valence-corrected chi connectivity index (χ2v) is 11.1. The van der Waals surface area contributed by atoms with Gasteiger partial charge in [0.05, 0.1) is 23.3 Å². The van der Waals surface area contributed by atoms with E-state index in [1.807, 2.05) is 29.5 Å². The van der Waals surface area contributed by atoms with Crippen molar-refractivity contribution in [2.75, 3.05) is 40.0 Å². The van der Waals surface area contributed by atoms with Crippen LogP contribution in [0.25, 0.3) is 0 Å². The normalized spacial score (nSPS) is 18.4. The molecule has 230 valence electrons. The summed E-state index contributed by atoms with van der Waals surface area (Å²) in [6.07, 6.45) is 6.21. The zero-order valence-corrected chi connectivity index (χ0v) is 26.6. The summed E-state index contributed by atoms with van der Waals surface area (Å²) in [4.78, 5) is 39.6. The molecule has 3 N–H and O–H groups in total. The molecule has 1 aromatic rings. The molecule has 0 fully saturated rings. The summed E-state index contributed by atoms with van der Waals surface area (Å²) >= 11 is 2.03. The largest absolute Gasteiger partial charge is 0.493 e. The first-order chi connectivity index (χ1) is 19.8. The number of nitrogens with one attached hydrogen (secondary N) is 1. The summed E-state index contributed by atoms with van der Waals surface area (Å²) in [5.41, 5.74) is 0.757. The van der Waals surface area contributed by atoms with Crippen molar-refractivity contribution in [2.24, 2.45) is 0 Å². The van der Waals surface area contributed by atoms with Crippen LogP contribution in [0.15, 0.2) is 23.8 Å². The van der Waals surface area contributed by atoms with Gasteiger partial charge in [-0.25, -0.2) is 0 Å². The van der Waals surface area contributed by atoms with Gasteiger partial charge in [-0.15, -0.1) is 0 Å². The van der Waals surface area contributed by atoms with E-state index < -0.39 is 24.2 Å². The van der Waals surface area contributed by atoms with Gasteiger partial charge in [-0.2, -0.15) is 0 Å². The van der Waals surface area contributed by atoms with Crippen LogP contribution in [0.3, 0.4) is 0 Å². The summed E-state index contributed by atoms with van der Waals surface area (Å²) < 4.78 is 17.8. The number of methoxy groups -OCH3 is 1. The summed E-state index contributed by atoms with van der Waals surface area (Å²) in [6.45, 7) is 5.30. The number of unbranched alkanes of at least 4 members (excludes halogenated alkanes) is 4. The number of carbonyl (C=O) groups excluding carboxylic acids is 3. The highest BCUT2D eigenvalue weighted by molar-refractivity contribution is 14.1. The lowest BCUT2D eigenvalue weighted by Gasteiger charge is -2.41. The van der Waals surface area contributed by atoms with Gasteiger partial charge in [0.15, 0.2) is 11.5 Å². The summed E-state index contributed by atoms with van der Waals surface area (Å²) in [5, 5.41) is 23.5. The van der Waals surface area contributed by atoms with E-state index in [2.05, 4.69) is 12.2 Å². The molecule has 3 atom stereocenters. The average Bonchev–Trinajstić information content (AvgIpc) is 2.97. The summed E-state index contributed by atoms with van der Waals surface area (Å²) in [6, 6.07) is 2.46. The maximum Gasteiger partial charge on any atom is 0.247 e. The molecule has 2 amide bonds. The fourth-order valence-electron chi connectivity index (χ4n) is 4.82. The van der Waals surface area contributed by atoms with Crippen molar-refractivity contribution in [1.29, 1.82) is 0 Å². The Labute approximate surface area is 256 Å². The summed E-state index contributed by atoms with van der Waals surface area (Å²) in [5.74, 6) is 0.147. The molecule has 1 aliphatic rings. The highest BCUT2D eigenvalue weighted by Crippen LogP contribution is 2.37. The van der Waals surface area contributed by atoms with Crippen molar-refractivity contribution >= 4 is 40.7 Å². The minimum Gasteiger partial charge on any atom is -0.493 e. The third kappa shape index (κ3) is 10.8. The highest BCUT2D eigenvalue weighted by Gasteiger charge is 2.40. The lowest BCUT2D eigenvalue weighted by atomic mass is 9.87. The van der Waals surface area contributed by atoms with Crippen LogP contribution < -0.4 is 14.8 Å². The SMILES string of the molecule is CCCCCCCC(=O)N(CCCOCC)C1CC(C(=O)NCCO)=CC(Oc2c(I)cc(C=O)cc2OC)C1O. The van der Waals surface area contributed by atoms with E-state index in [-0.39, 0.29) is 25.5 Å². The Hall–Kier alpha value is -2.22. The topological polar surface area (TPSA) is 135 Å². The second kappa shape index (κ2) is 19.1. The van der Waals surface area contributed by atoms with E-state index in [1.54, 1.807) is 17.0 Å². The van der Waals surface area contributed by atoms with Gasteiger partial charge in [0.2, 0.25) is 11.8 Å². The molecule has 0 aromatic heterocycles.